The Kier molecular flexibility index (Phi) is 4.20. The molecule has 1 saturated heterocycles. The van der Waals surface area contributed by atoms with Gasteiger partial charge in [-0.15, -0.1) is 0 Å². The van der Waals surface area contributed by atoms with Crippen LogP contribution >= 0.6 is 0 Å². The van der Waals surface area contributed by atoms with E-state index in [0.29, 0.717) is 12.5 Å². The second kappa shape index (κ2) is 5.51. The lowest BCUT2D eigenvalue weighted by Crippen LogP contribution is -2.32. The first-order valence-corrected chi connectivity index (χ1v) is 6.77. The Balaban J connectivity index is 1.66. The van der Waals surface area contributed by atoms with E-state index in [-0.39, 0.29) is 0 Å². The summed E-state index contributed by atoms with van der Waals surface area (Å²) in [5, 5.41) is 3.17. The largest absolute Gasteiger partial charge is 0.456 e. The van der Waals surface area contributed by atoms with Gasteiger partial charge >= 0.3 is 11.9 Å². The van der Waals surface area contributed by atoms with Crippen molar-refractivity contribution >= 4 is 5.97 Å². The number of nitrogens with one attached hydrogen (secondary N) is 1. The predicted octanol–water partition coefficient (Wildman–Crippen LogP) is 2.35. The summed E-state index contributed by atoms with van der Waals surface area (Å²) in [6, 6.07) is 0. The Morgan fingerprint density at radius 2 is 2.17 bits per heavy atom. The molecule has 2 aliphatic rings. The first-order chi connectivity index (χ1) is 8.47. The van der Waals surface area contributed by atoms with E-state index in [1.54, 1.807) is 0 Å². The van der Waals surface area contributed by atoms with Crippen LogP contribution in [0.25, 0.3) is 0 Å². The predicted molar refractivity (Wildman–Crippen MR) is 63.4 cm³/mol. The van der Waals surface area contributed by atoms with E-state index in [1.165, 1.54) is 25.7 Å². The molecular weight excluding hydrogens is 240 g/mol. The van der Waals surface area contributed by atoms with E-state index in [1.807, 2.05) is 0 Å². The van der Waals surface area contributed by atoms with Gasteiger partial charge in [0, 0.05) is 6.54 Å². The van der Waals surface area contributed by atoms with Gasteiger partial charge in [0.25, 0.3) is 0 Å². The molecule has 2 fully saturated rings. The quantitative estimate of drug-likeness (QED) is 0.789. The van der Waals surface area contributed by atoms with Crippen LogP contribution in [0.4, 0.5) is 8.78 Å². The molecule has 3 nitrogen and oxygen atoms in total. The van der Waals surface area contributed by atoms with Crippen LogP contribution in [0, 0.1) is 11.8 Å². The molecule has 3 atom stereocenters. The number of rotatable bonds is 4. The summed E-state index contributed by atoms with van der Waals surface area (Å²) in [4.78, 5) is 10.8. The molecular formula is C13H21F2NO2. The zero-order chi connectivity index (χ0) is 13.2. The van der Waals surface area contributed by atoms with Crippen molar-refractivity contribution in [2.45, 2.75) is 51.1 Å². The normalized spacial score (nSPS) is 35.5. The Bertz CT molecular complexity index is 309. The molecule has 1 saturated carbocycles. The van der Waals surface area contributed by atoms with Crippen molar-refractivity contribution in [3.63, 3.8) is 0 Å². The summed E-state index contributed by atoms with van der Waals surface area (Å²) in [6.07, 6.45) is 3.80. The first-order valence-electron chi connectivity index (χ1n) is 6.77. The van der Waals surface area contributed by atoms with Gasteiger partial charge in [-0.05, 0) is 31.2 Å². The number of carbonyl (C=O) groups is 1. The zero-order valence-corrected chi connectivity index (χ0v) is 10.8. The van der Waals surface area contributed by atoms with E-state index in [9.17, 15) is 13.6 Å². The molecule has 0 aromatic heterocycles. The van der Waals surface area contributed by atoms with Crippen LogP contribution in [-0.4, -0.2) is 31.1 Å². The highest BCUT2D eigenvalue weighted by Gasteiger charge is 2.50. The SMILES string of the molecule is CC1CCCC(CNCC2CC(F)(F)C(=O)O2)C1. The molecule has 3 unspecified atom stereocenters. The average Bonchev–Trinajstić information content (AvgIpc) is 2.53. The highest BCUT2D eigenvalue weighted by Crippen LogP contribution is 2.31. The highest BCUT2D eigenvalue weighted by molar-refractivity contribution is 5.79. The number of alkyl halides is 2. The first kappa shape index (κ1) is 13.7. The summed E-state index contributed by atoms with van der Waals surface area (Å²) in [6.45, 7) is 3.43. The van der Waals surface area contributed by atoms with Crippen molar-refractivity contribution in [3.8, 4) is 0 Å². The summed E-state index contributed by atoms with van der Waals surface area (Å²) < 4.78 is 30.5. The fourth-order valence-corrected chi connectivity index (χ4v) is 2.96. The van der Waals surface area contributed by atoms with Gasteiger partial charge in [0.2, 0.25) is 0 Å². The summed E-state index contributed by atoms with van der Waals surface area (Å²) in [5.41, 5.74) is 0. The van der Waals surface area contributed by atoms with Gasteiger partial charge in [0.05, 0.1) is 6.42 Å². The van der Waals surface area contributed by atoms with Crippen molar-refractivity contribution < 1.29 is 18.3 Å². The molecule has 1 heterocycles. The fourth-order valence-electron chi connectivity index (χ4n) is 2.96. The van der Waals surface area contributed by atoms with E-state index >= 15 is 0 Å². The van der Waals surface area contributed by atoms with Crippen LogP contribution in [-0.2, 0) is 9.53 Å². The van der Waals surface area contributed by atoms with Gasteiger partial charge < -0.3 is 10.1 Å². The zero-order valence-electron chi connectivity index (χ0n) is 10.8. The second-order valence-electron chi connectivity index (χ2n) is 5.73. The van der Waals surface area contributed by atoms with Crippen LogP contribution < -0.4 is 5.32 Å². The Hall–Kier alpha value is -0.710. The van der Waals surface area contributed by atoms with E-state index in [4.69, 9.17) is 0 Å². The maximum Gasteiger partial charge on any atom is 0.377 e. The molecule has 1 aliphatic carbocycles. The smallest absolute Gasteiger partial charge is 0.377 e. The molecule has 5 heteroatoms. The van der Waals surface area contributed by atoms with Crippen molar-refractivity contribution in [3.05, 3.63) is 0 Å². The molecule has 0 bridgehead atoms. The minimum absolute atomic E-state index is 0.339. The number of esters is 1. The lowest BCUT2D eigenvalue weighted by molar-refractivity contribution is -0.159. The second-order valence-corrected chi connectivity index (χ2v) is 5.73. The molecule has 0 spiro atoms. The molecule has 2 rings (SSSR count). The minimum Gasteiger partial charge on any atom is -0.456 e. The molecule has 0 radical (unpaired) electrons. The van der Waals surface area contributed by atoms with Crippen molar-refractivity contribution in [1.29, 1.82) is 0 Å². The van der Waals surface area contributed by atoms with Crippen molar-refractivity contribution in [2.24, 2.45) is 11.8 Å². The maximum absolute atomic E-state index is 12.9. The standard InChI is InChI=1S/C13H21F2NO2/c1-9-3-2-4-10(5-9)7-16-8-11-6-13(14,15)12(17)18-11/h9-11,16H,2-8H2,1H3. The number of hydrogen-bond donors (Lipinski definition) is 1. The number of hydrogen-bond acceptors (Lipinski definition) is 3. The van der Waals surface area contributed by atoms with Gasteiger partial charge in [-0.3, -0.25) is 0 Å². The van der Waals surface area contributed by atoms with Crippen LogP contribution in [0.2, 0.25) is 0 Å². The summed E-state index contributed by atoms with van der Waals surface area (Å²) in [7, 11) is 0. The molecule has 0 aromatic rings. The Labute approximate surface area is 106 Å². The number of cyclic esters (lactones) is 1. The van der Waals surface area contributed by atoms with Gasteiger partial charge in [-0.25, -0.2) is 4.79 Å². The van der Waals surface area contributed by atoms with E-state index in [2.05, 4.69) is 17.0 Å². The molecule has 0 aromatic carbocycles. The molecule has 18 heavy (non-hydrogen) atoms. The lowest BCUT2D eigenvalue weighted by Gasteiger charge is -2.27. The average molecular weight is 261 g/mol. The van der Waals surface area contributed by atoms with Crippen LogP contribution in [0.1, 0.15) is 39.0 Å². The Morgan fingerprint density at radius 1 is 1.39 bits per heavy atom. The minimum atomic E-state index is -3.29. The van der Waals surface area contributed by atoms with Gasteiger partial charge in [-0.1, -0.05) is 19.8 Å². The molecule has 0 amide bonds. The van der Waals surface area contributed by atoms with Crippen LogP contribution in [0.15, 0.2) is 0 Å². The summed E-state index contributed by atoms with van der Waals surface area (Å²) >= 11 is 0. The highest BCUT2D eigenvalue weighted by atomic mass is 19.3. The van der Waals surface area contributed by atoms with Crippen molar-refractivity contribution in [2.75, 3.05) is 13.1 Å². The lowest BCUT2D eigenvalue weighted by atomic mass is 9.82. The number of halogens is 2. The monoisotopic (exact) mass is 261 g/mol. The van der Waals surface area contributed by atoms with Crippen LogP contribution in [0.5, 0.6) is 0 Å². The van der Waals surface area contributed by atoms with Gasteiger partial charge in [0.15, 0.2) is 0 Å². The van der Waals surface area contributed by atoms with E-state index in [0.717, 1.165) is 12.5 Å². The Morgan fingerprint density at radius 3 is 2.78 bits per heavy atom. The van der Waals surface area contributed by atoms with Gasteiger partial charge in [-0.2, -0.15) is 8.78 Å². The molecule has 1 N–H and O–H groups in total. The van der Waals surface area contributed by atoms with Crippen LogP contribution in [0.3, 0.4) is 0 Å². The third-order valence-electron chi connectivity index (χ3n) is 3.91. The topological polar surface area (TPSA) is 38.3 Å². The number of carbonyl (C=O) groups excluding carboxylic acids is 1. The fraction of sp³-hybridized carbons (Fsp3) is 0.923. The summed E-state index contributed by atoms with van der Waals surface area (Å²) in [5.74, 6) is -3.27. The molecule has 1 aliphatic heterocycles. The van der Waals surface area contributed by atoms with E-state index < -0.39 is 24.4 Å². The third-order valence-corrected chi connectivity index (χ3v) is 3.91. The third kappa shape index (κ3) is 3.40. The number of ether oxygens (including phenoxy) is 1. The maximum atomic E-state index is 12.9. The van der Waals surface area contributed by atoms with Crippen molar-refractivity contribution in [1.82, 2.24) is 5.32 Å². The van der Waals surface area contributed by atoms with Gasteiger partial charge in [0.1, 0.15) is 6.10 Å². The molecule has 104 valence electrons.